The van der Waals surface area contributed by atoms with Crippen LogP contribution in [0.3, 0.4) is 0 Å². The number of carbonyl (C=O) groups is 1. The van der Waals surface area contributed by atoms with Gasteiger partial charge in [0.25, 0.3) is 0 Å². The quantitative estimate of drug-likeness (QED) is 0.397. The predicted molar refractivity (Wildman–Crippen MR) is 126 cm³/mol. The second-order valence-corrected chi connectivity index (χ2v) is 8.30. The van der Waals surface area contributed by atoms with E-state index in [1.165, 1.54) is 6.92 Å². The number of ether oxygens (including phenoxy) is 1. The molecule has 2 amide bonds. The Morgan fingerprint density at radius 1 is 1.25 bits per heavy atom. The molecule has 2 atom stereocenters. The van der Waals surface area contributed by atoms with E-state index < -0.39 is 6.04 Å². The first kappa shape index (κ1) is 21.5. The van der Waals surface area contributed by atoms with Gasteiger partial charge < -0.3 is 19.4 Å². The van der Waals surface area contributed by atoms with Gasteiger partial charge in [-0.2, -0.15) is 0 Å². The number of rotatable bonds is 3. The molecule has 1 aliphatic heterocycles. The fraction of sp³-hybridized carbons (Fsp3) is 0.333. The molecule has 32 heavy (non-hydrogen) atoms. The van der Waals surface area contributed by atoms with Crippen molar-refractivity contribution in [1.29, 1.82) is 10.8 Å². The van der Waals surface area contributed by atoms with Crippen molar-refractivity contribution in [2.24, 2.45) is 0 Å². The molecule has 0 bridgehead atoms. The summed E-state index contributed by atoms with van der Waals surface area (Å²) in [5, 5.41) is 18.8. The molecule has 1 aliphatic rings. The number of nitrogens with zero attached hydrogens (tertiary/aromatic N) is 3. The van der Waals surface area contributed by atoms with Crippen LogP contribution in [0.25, 0.3) is 16.8 Å². The van der Waals surface area contributed by atoms with Crippen molar-refractivity contribution in [3.05, 3.63) is 54.5 Å². The zero-order valence-electron chi connectivity index (χ0n) is 18.6. The SMILES string of the molecule is CC(=N)OC(=N)C1CCC[C@@H](C)N1C(=O)Nc1ccc(C)c(-c2cnc3cccn3c2)c1. The van der Waals surface area contributed by atoms with E-state index in [4.69, 9.17) is 15.6 Å². The molecule has 1 aromatic carbocycles. The topological polar surface area (TPSA) is 107 Å². The number of nitrogens with one attached hydrogen (secondary N) is 3. The lowest BCUT2D eigenvalue weighted by Gasteiger charge is -2.40. The number of aromatic nitrogens is 2. The third kappa shape index (κ3) is 4.34. The fourth-order valence-electron chi connectivity index (χ4n) is 4.28. The van der Waals surface area contributed by atoms with Gasteiger partial charge in [-0.15, -0.1) is 0 Å². The molecule has 0 aliphatic carbocycles. The molecule has 0 saturated carbocycles. The minimum Gasteiger partial charge on any atom is -0.428 e. The summed E-state index contributed by atoms with van der Waals surface area (Å²) in [5.74, 6) is -0.111. The Balaban J connectivity index is 1.58. The Hall–Kier alpha value is -3.68. The van der Waals surface area contributed by atoms with Gasteiger partial charge in [0.05, 0.1) is 0 Å². The molecule has 0 spiro atoms. The van der Waals surface area contributed by atoms with Crippen molar-refractivity contribution in [1.82, 2.24) is 14.3 Å². The number of benzene rings is 1. The van der Waals surface area contributed by atoms with Crippen molar-refractivity contribution in [2.45, 2.75) is 52.1 Å². The third-order valence-electron chi connectivity index (χ3n) is 5.88. The number of hydrogen-bond donors (Lipinski definition) is 3. The number of carbonyl (C=O) groups excluding carboxylic acids is 1. The molecule has 3 N–H and O–H groups in total. The first-order chi connectivity index (χ1) is 15.3. The standard InChI is InChI=1S/C24H28N6O2/c1-15-9-10-19(12-20(15)18-13-27-22-8-5-11-29(22)14-18)28-24(31)30-16(2)6-4-7-21(30)23(26)32-17(3)25/h5,8-14,16,21,25-26H,4,6-7H2,1-3H3,(H,28,31)/t16-,21?/m1/s1. The van der Waals surface area contributed by atoms with Gasteiger partial charge in [0.1, 0.15) is 11.7 Å². The summed E-state index contributed by atoms with van der Waals surface area (Å²) in [6.45, 7) is 5.50. The molecule has 166 valence electrons. The smallest absolute Gasteiger partial charge is 0.322 e. The van der Waals surface area contributed by atoms with Gasteiger partial charge in [-0.3, -0.25) is 10.8 Å². The van der Waals surface area contributed by atoms with Crippen molar-refractivity contribution >= 4 is 29.2 Å². The number of amides is 2. The van der Waals surface area contributed by atoms with Crippen molar-refractivity contribution < 1.29 is 9.53 Å². The Bertz CT molecular complexity index is 1180. The number of fused-ring (bicyclic) bond motifs is 1. The molecule has 3 heterocycles. The summed E-state index contributed by atoms with van der Waals surface area (Å²) in [5.41, 5.74) is 4.59. The normalized spacial score (nSPS) is 18.4. The number of piperidine rings is 1. The number of anilines is 1. The number of urea groups is 1. The highest BCUT2D eigenvalue weighted by atomic mass is 16.5. The van der Waals surface area contributed by atoms with Crippen LogP contribution in [0.2, 0.25) is 0 Å². The maximum Gasteiger partial charge on any atom is 0.322 e. The van der Waals surface area contributed by atoms with Crippen LogP contribution in [-0.2, 0) is 4.74 Å². The van der Waals surface area contributed by atoms with Gasteiger partial charge >= 0.3 is 6.03 Å². The Morgan fingerprint density at radius 2 is 2.06 bits per heavy atom. The average Bonchev–Trinajstić information content (AvgIpc) is 3.22. The second kappa shape index (κ2) is 8.82. The van der Waals surface area contributed by atoms with Crippen LogP contribution in [0.5, 0.6) is 0 Å². The molecular formula is C24H28N6O2. The van der Waals surface area contributed by atoms with Gasteiger partial charge in [-0.25, -0.2) is 9.78 Å². The van der Waals surface area contributed by atoms with Crippen molar-refractivity contribution in [3.63, 3.8) is 0 Å². The molecule has 1 saturated heterocycles. The lowest BCUT2D eigenvalue weighted by atomic mass is 9.96. The molecule has 2 aromatic heterocycles. The minimum absolute atomic E-state index is 0.0333. The van der Waals surface area contributed by atoms with E-state index in [1.54, 1.807) is 4.90 Å². The summed E-state index contributed by atoms with van der Waals surface area (Å²) in [6, 6.07) is 8.92. The maximum atomic E-state index is 13.2. The zero-order valence-corrected chi connectivity index (χ0v) is 18.6. The summed E-state index contributed by atoms with van der Waals surface area (Å²) in [4.78, 5) is 19.4. The lowest BCUT2D eigenvalue weighted by Crippen LogP contribution is -2.54. The molecule has 8 heteroatoms. The Labute approximate surface area is 187 Å². The Morgan fingerprint density at radius 3 is 2.84 bits per heavy atom. The van der Waals surface area contributed by atoms with Crippen LogP contribution >= 0.6 is 0 Å². The molecule has 1 fully saturated rings. The summed E-state index contributed by atoms with van der Waals surface area (Å²) < 4.78 is 7.19. The molecule has 4 rings (SSSR count). The number of aryl methyl sites for hydroxylation is 1. The van der Waals surface area contributed by atoms with E-state index in [0.29, 0.717) is 12.1 Å². The van der Waals surface area contributed by atoms with E-state index in [1.807, 2.05) is 67.2 Å². The van der Waals surface area contributed by atoms with E-state index in [-0.39, 0.29) is 23.9 Å². The molecule has 1 unspecified atom stereocenters. The van der Waals surface area contributed by atoms with Gasteiger partial charge in [0.2, 0.25) is 5.90 Å². The van der Waals surface area contributed by atoms with Gasteiger partial charge in [0.15, 0.2) is 5.90 Å². The van der Waals surface area contributed by atoms with E-state index in [2.05, 4.69) is 10.3 Å². The fourth-order valence-corrected chi connectivity index (χ4v) is 4.28. The summed E-state index contributed by atoms with van der Waals surface area (Å²) in [6.07, 6.45) is 8.23. The zero-order chi connectivity index (χ0) is 22.8. The lowest BCUT2D eigenvalue weighted by molar-refractivity contribution is 0.144. The first-order valence-electron chi connectivity index (χ1n) is 10.8. The third-order valence-corrected chi connectivity index (χ3v) is 5.88. The Kier molecular flexibility index (Phi) is 5.94. The summed E-state index contributed by atoms with van der Waals surface area (Å²) >= 11 is 0. The summed E-state index contributed by atoms with van der Waals surface area (Å²) in [7, 11) is 0. The van der Waals surface area contributed by atoms with Gasteiger partial charge in [0, 0.05) is 42.8 Å². The highest BCUT2D eigenvalue weighted by Gasteiger charge is 2.35. The average molecular weight is 433 g/mol. The van der Waals surface area contributed by atoms with Crippen LogP contribution in [0.4, 0.5) is 10.5 Å². The van der Waals surface area contributed by atoms with Crippen molar-refractivity contribution in [2.75, 3.05) is 5.32 Å². The van der Waals surface area contributed by atoms with Crippen LogP contribution in [-0.4, -0.2) is 44.2 Å². The number of likely N-dealkylation sites (tertiary alicyclic amines) is 1. The monoisotopic (exact) mass is 432 g/mol. The van der Waals surface area contributed by atoms with E-state index in [0.717, 1.165) is 35.2 Å². The van der Waals surface area contributed by atoms with Crippen LogP contribution < -0.4 is 5.32 Å². The van der Waals surface area contributed by atoms with Crippen LogP contribution in [0, 0.1) is 17.7 Å². The van der Waals surface area contributed by atoms with Gasteiger partial charge in [-0.1, -0.05) is 6.07 Å². The highest BCUT2D eigenvalue weighted by Crippen LogP contribution is 2.28. The molecule has 0 radical (unpaired) electrons. The number of hydrogen-bond acceptors (Lipinski definition) is 5. The van der Waals surface area contributed by atoms with Crippen LogP contribution in [0.1, 0.15) is 38.7 Å². The largest absolute Gasteiger partial charge is 0.428 e. The predicted octanol–water partition coefficient (Wildman–Crippen LogP) is 5.08. The van der Waals surface area contributed by atoms with Crippen LogP contribution in [0.15, 0.2) is 48.9 Å². The van der Waals surface area contributed by atoms with Gasteiger partial charge in [-0.05, 0) is 68.5 Å². The molecular weight excluding hydrogens is 404 g/mol. The van der Waals surface area contributed by atoms with Crippen molar-refractivity contribution in [3.8, 4) is 11.1 Å². The molecule has 8 nitrogen and oxygen atoms in total. The first-order valence-corrected chi connectivity index (χ1v) is 10.8. The highest BCUT2D eigenvalue weighted by molar-refractivity contribution is 5.96. The van der Waals surface area contributed by atoms with E-state index >= 15 is 0 Å². The minimum atomic E-state index is -0.482. The van der Waals surface area contributed by atoms with E-state index in [9.17, 15) is 4.79 Å². The molecule has 3 aromatic rings. The maximum absolute atomic E-state index is 13.2. The second-order valence-electron chi connectivity index (χ2n) is 8.30.